The Morgan fingerprint density at radius 1 is 1.26 bits per heavy atom. The molecular formula is C16H26N2O. The van der Waals surface area contributed by atoms with Crippen LogP contribution in [0.4, 0.5) is 0 Å². The van der Waals surface area contributed by atoms with Crippen LogP contribution in [0.2, 0.25) is 0 Å². The number of nitrogens with zero attached hydrogens (tertiary/aromatic N) is 1. The normalized spacial score (nSPS) is 22.9. The summed E-state index contributed by atoms with van der Waals surface area (Å²) in [7, 11) is 6.04. The first-order chi connectivity index (χ1) is 9.13. The maximum Gasteiger partial charge on any atom is 0.118 e. The van der Waals surface area contributed by atoms with Crippen LogP contribution in [0.3, 0.4) is 0 Å². The molecule has 1 aliphatic heterocycles. The van der Waals surface area contributed by atoms with E-state index in [0.29, 0.717) is 5.54 Å². The quantitative estimate of drug-likeness (QED) is 0.851. The zero-order valence-electron chi connectivity index (χ0n) is 12.4. The summed E-state index contributed by atoms with van der Waals surface area (Å²) in [6.07, 6.45) is 4.93. The molecule has 1 atom stereocenters. The minimum atomic E-state index is 0.309. The number of likely N-dealkylation sites (N-methyl/N-ethyl adjacent to an activating group) is 1. The van der Waals surface area contributed by atoms with Gasteiger partial charge in [0, 0.05) is 12.1 Å². The Hall–Kier alpha value is -1.06. The summed E-state index contributed by atoms with van der Waals surface area (Å²) in [6.45, 7) is 2.29. The van der Waals surface area contributed by atoms with Gasteiger partial charge >= 0.3 is 0 Å². The van der Waals surface area contributed by atoms with Crippen LogP contribution in [0, 0.1) is 0 Å². The molecule has 19 heavy (non-hydrogen) atoms. The highest BCUT2D eigenvalue weighted by Gasteiger charge is 2.33. The molecule has 106 valence electrons. The Kier molecular flexibility index (Phi) is 4.83. The SMILES string of the molecule is COc1ccc(CCC2(CN(C)C)CCCN2)cc1. The van der Waals surface area contributed by atoms with Crippen molar-refractivity contribution < 1.29 is 4.74 Å². The second kappa shape index (κ2) is 6.40. The van der Waals surface area contributed by atoms with E-state index in [-0.39, 0.29) is 0 Å². The van der Waals surface area contributed by atoms with Crippen molar-refractivity contribution in [3.63, 3.8) is 0 Å². The monoisotopic (exact) mass is 262 g/mol. The van der Waals surface area contributed by atoms with E-state index in [9.17, 15) is 0 Å². The minimum absolute atomic E-state index is 0.309. The average molecular weight is 262 g/mol. The maximum absolute atomic E-state index is 5.20. The zero-order chi connectivity index (χ0) is 13.7. The van der Waals surface area contributed by atoms with Gasteiger partial charge in [0.1, 0.15) is 5.75 Å². The van der Waals surface area contributed by atoms with Crippen LogP contribution in [-0.2, 0) is 6.42 Å². The van der Waals surface area contributed by atoms with Crippen molar-refractivity contribution in [2.75, 3.05) is 34.3 Å². The molecule has 1 fully saturated rings. The number of ether oxygens (including phenoxy) is 1. The summed E-state index contributed by atoms with van der Waals surface area (Å²) in [6, 6.07) is 8.46. The standard InChI is InChI=1S/C16H26N2O/c1-18(2)13-16(10-4-12-17-16)11-9-14-5-7-15(19-3)8-6-14/h5-8,17H,4,9-13H2,1-3H3. The molecule has 0 saturated carbocycles. The highest BCUT2D eigenvalue weighted by molar-refractivity contribution is 5.27. The van der Waals surface area contributed by atoms with Crippen LogP contribution in [0.5, 0.6) is 5.75 Å². The molecule has 0 bridgehead atoms. The van der Waals surface area contributed by atoms with Gasteiger partial charge in [-0.2, -0.15) is 0 Å². The van der Waals surface area contributed by atoms with Gasteiger partial charge in [-0.05, 0) is 64.0 Å². The van der Waals surface area contributed by atoms with Crippen molar-refractivity contribution in [2.24, 2.45) is 0 Å². The lowest BCUT2D eigenvalue weighted by atomic mass is 9.89. The number of nitrogens with one attached hydrogen (secondary N) is 1. The number of methoxy groups -OCH3 is 1. The van der Waals surface area contributed by atoms with Gasteiger partial charge in [0.25, 0.3) is 0 Å². The molecule has 1 heterocycles. The summed E-state index contributed by atoms with van der Waals surface area (Å²) in [5.74, 6) is 0.936. The third-order valence-corrected chi connectivity index (χ3v) is 4.00. The van der Waals surface area contributed by atoms with Crippen LogP contribution in [0.15, 0.2) is 24.3 Å². The molecule has 3 nitrogen and oxygen atoms in total. The van der Waals surface area contributed by atoms with Gasteiger partial charge in [0.05, 0.1) is 7.11 Å². The topological polar surface area (TPSA) is 24.5 Å². The zero-order valence-corrected chi connectivity index (χ0v) is 12.4. The highest BCUT2D eigenvalue weighted by Crippen LogP contribution is 2.26. The summed E-state index contributed by atoms with van der Waals surface area (Å²) in [5.41, 5.74) is 1.70. The predicted octanol–water partition coefficient (Wildman–Crippen LogP) is 2.31. The first kappa shape index (κ1) is 14.4. The molecule has 1 aliphatic rings. The summed E-state index contributed by atoms with van der Waals surface area (Å²) >= 11 is 0. The lowest BCUT2D eigenvalue weighted by Gasteiger charge is -2.32. The Morgan fingerprint density at radius 2 is 2.00 bits per heavy atom. The van der Waals surface area contributed by atoms with Gasteiger partial charge in [-0.1, -0.05) is 12.1 Å². The van der Waals surface area contributed by atoms with Crippen LogP contribution >= 0.6 is 0 Å². The molecule has 1 saturated heterocycles. The van der Waals surface area contributed by atoms with E-state index in [1.165, 1.54) is 24.8 Å². The van der Waals surface area contributed by atoms with E-state index in [1.54, 1.807) is 7.11 Å². The molecule has 2 rings (SSSR count). The lowest BCUT2D eigenvalue weighted by molar-refractivity contribution is 0.243. The van der Waals surface area contributed by atoms with E-state index in [1.807, 2.05) is 0 Å². The summed E-state index contributed by atoms with van der Waals surface area (Å²) in [4.78, 5) is 2.30. The van der Waals surface area contributed by atoms with Gasteiger partial charge in [-0.15, -0.1) is 0 Å². The van der Waals surface area contributed by atoms with Crippen molar-refractivity contribution in [3.8, 4) is 5.75 Å². The van der Waals surface area contributed by atoms with E-state index in [4.69, 9.17) is 4.74 Å². The Bertz CT molecular complexity index is 380. The van der Waals surface area contributed by atoms with Gasteiger partial charge in [0.2, 0.25) is 0 Å². The first-order valence-corrected chi connectivity index (χ1v) is 7.16. The second-order valence-electron chi connectivity index (χ2n) is 5.90. The molecule has 0 radical (unpaired) electrons. The first-order valence-electron chi connectivity index (χ1n) is 7.16. The molecule has 0 aromatic heterocycles. The molecule has 3 heteroatoms. The van der Waals surface area contributed by atoms with Gasteiger partial charge in [0.15, 0.2) is 0 Å². The van der Waals surface area contributed by atoms with Crippen molar-refractivity contribution >= 4 is 0 Å². The Labute approximate surface area is 116 Å². The van der Waals surface area contributed by atoms with E-state index >= 15 is 0 Å². The fourth-order valence-corrected chi connectivity index (χ4v) is 3.08. The predicted molar refractivity (Wildman–Crippen MR) is 79.8 cm³/mol. The number of benzene rings is 1. The molecule has 1 N–H and O–H groups in total. The largest absolute Gasteiger partial charge is 0.497 e. The number of aryl methyl sites for hydroxylation is 1. The van der Waals surface area contributed by atoms with Crippen LogP contribution < -0.4 is 10.1 Å². The van der Waals surface area contributed by atoms with Crippen molar-refractivity contribution in [1.82, 2.24) is 10.2 Å². The summed E-state index contributed by atoms with van der Waals surface area (Å²) in [5, 5.41) is 3.73. The maximum atomic E-state index is 5.20. The van der Waals surface area contributed by atoms with Crippen LogP contribution in [0.1, 0.15) is 24.8 Å². The minimum Gasteiger partial charge on any atom is -0.497 e. The molecule has 0 spiro atoms. The van der Waals surface area contributed by atoms with E-state index in [2.05, 4.69) is 48.6 Å². The molecule has 1 unspecified atom stereocenters. The van der Waals surface area contributed by atoms with Gasteiger partial charge in [-0.25, -0.2) is 0 Å². The Morgan fingerprint density at radius 3 is 2.53 bits per heavy atom. The van der Waals surface area contributed by atoms with E-state index in [0.717, 1.165) is 25.3 Å². The third-order valence-electron chi connectivity index (χ3n) is 4.00. The van der Waals surface area contributed by atoms with Gasteiger partial charge < -0.3 is 15.0 Å². The third kappa shape index (κ3) is 3.95. The number of hydrogen-bond acceptors (Lipinski definition) is 3. The number of hydrogen-bond donors (Lipinski definition) is 1. The fraction of sp³-hybridized carbons (Fsp3) is 0.625. The smallest absolute Gasteiger partial charge is 0.118 e. The molecule has 0 aliphatic carbocycles. The molecule has 0 amide bonds. The number of rotatable bonds is 6. The Balaban J connectivity index is 1.94. The molecule has 1 aromatic rings. The van der Waals surface area contributed by atoms with Crippen molar-refractivity contribution in [1.29, 1.82) is 0 Å². The van der Waals surface area contributed by atoms with Crippen molar-refractivity contribution in [3.05, 3.63) is 29.8 Å². The van der Waals surface area contributed by atoms with Crippen molar-refractivity contribution in [2.45, 2.75) is 31.2 Å². The summed E-state index contributed by atoms with van der Waals surface area (Å²) < 4.78 is 5.20. The van der Waals surface area contributed by atoms with E-state index < -0.39 is 0 Å². The van der Waals surface area contributed by atoms with Crippen LogP contribution in [-0.4, -0.2) is 44.7 Å². The van der Waals surface area contributed by atoms with Crippen LogP contribution in [0.25, 0.3) is 0 Å². The van der Waals surface area contributed by atoms with Gasteiger partial charge in [-0.3, -0.25) is 0 Å². The molecule has 1 aromatic carbocycles. The second-order valence-corrected chi connectivity index (χ2v) is 5.90. The lowest BCUT2D eigenvalue weighted by Crippen LogP contribution is -2.48. The average Bonchev–Trinajstić information content (AvgIpc) is 2.85. The highest BCUT2D eigenvalue weighted by atomic mass is 16.5. The fourth-order valence-electron chi connectivity index (χ4n) is 3.08. The molecular weight excluding hydrogens is 236 g/mol.